The van der Waals surface area contributed by atoms with Gasteiger partial charge >= 0.3 is 0 Å². The van der Waals surface area contributed by atoms with Crippen LogP contribution in [0.4, 0.5) is 0 Å². The molecule has 2 heterocycles. The molecule has 0 N–H and O–H groups in total. The van der Waals surface area contributed by atoms with Crippen molar-refractivity contribution in [2.24, 2.45) is 7.05 Å². The fraction of sp³-hybridized carbons (Fsp3) is 0.286. The maximum Gasteiger partial charge on any atom is 0.254 e. The molecule has 1 aliphatic rings. The summed E-state index contributed by atoms with van der Waals surface area (Å²) in [6, 6.07) is 15.3. The first-order valence-corrected chi connectivity index (χ1v) is 9.25. The Kier molecular flexibility index (Phi) is 4.60. The Balaban J connectivity index is 1.42. The number of likely N-dealkylation sites (tertiary alicyclic amines) is 1. The number of aromatic nitrogens is 1. The van der Waals surface area contributed by atoms with Gasteiger partial charge in [0.1, 0.15) is 11.9 Å². The van der Waals surface area contributed by atoms with Crippen LogP contribution in [0.2, 0.25) is 5.02 Å². The molecule has 0 spiro atoms. The van der Waals surface area contributed by atoms with Gasteiger partial charge in [-0.05, 0) is 42.5 Å². The van der Waals surface area contributed by atoms with Gasteiger partial charge < -0.3 is 14.2 Å². The number of amides is 1. The van der Waals surface area contributed by atoms with E-state index in [4.69, 9.17) is 16.3 Å². The van der Waals surface area contributed by atoms with Crippen LogP contribution in [0, 0.1) is 0 Å². The predicted octanol–water partition coefficient (Wildman–Crippen LogP) is 4.52. The van der Waals surface area contributed by atoms with Crippen LogP contribution < -0.4 is 4.74 Å². The summed E-state index contributed by atoms with van der Waals surface area (Å²) in [4.78, 5) is 14.9. The quantitative estimate of drug-likeness (QED) is 0.681. The average Bonchev–Trinajstić information content (AvgIpc) is 3.05. The number of piperidine rings is 1. The first-order chi connectivity index (χ1) is 12.6. The molecule has 4 rings (SSSR count). The fourth-order valence-electron chi connectivity index (χ4n) is 3.54. The van der Waals surface area contributed by atoms with Crippen molar-refractivity contribution in [1.29, 1.82) is 0 Å². The molecule has 2 aromatic carbocycles. The van der Waals surface area contributed by atoms with Crippen LogP contribution in [0.25, 0.3) is 10.9 Å². The molecule has 1 aliphatic heterocycles. The Hall–Kier alpha value is -2.46. The molecule has 0 saturated carbocycles. The van der Waals surface area contributed by atoms with Gasteiger partial charge in [0.05, 0.1) is 0 Å². The third-order valence-electron chi connectivity index (χ3n) is 5.00. The van der Waals surface area contributed by atoms with Gasteiger partial charge in [-0.15, -0.1) is 0 Å². The molecular formula is C21H21ClN2O2. The van der Waals surface area contributed by atoms with Gasteiger partial charge in [0, 0.05) is 60.7 Å². The fourth-order valence-corrected chi connectivity index (χ4v) is 3.67. The number of halogens is 1. The van der Waals surface area contributed by atoms with Crippen LogP contribution in [-0.4, -0.2) is 34.6 Å². The monoisotopic (exact) mass is 368 g/mol. The van der Waals surface area contributed by atoms with Gasteiger partial charge in [0.25, 0.3) is 5.91 Å². The van der Waals surface area contributed by atoms with E-state index in [1.165, 1.54) is 0 Å². The Morgan fingerprint density at radius 3 is 2.54 bits per heavy atom. The van der Waals surface area contributed by atoms with Crippen molar-refractivity contribution < 1.29 is 9.53 Å². The van der Waals surface area contributed by atoms with Crippen molar-refractivity contribution in [1.82, 2.24) is 9.47 Å². The molecule has 26 heavy (non-hydrogen) atoms. The summed E-state index contributed by atoms with van der Waals surface area (Å²) in [5.74, 6) is 0.931. The minimum Gasteiger partial charge on any atom is -0.490 e. The third-order valence-corrected chi connectivity index (χ3v) is 5.26. The lowest BCUT2D eigenvalue weighted by Crippen LogP contribution is -2.41. The predicted molar refractivity (Wildman–Crippen MR) is 104 cm³/mol. The van der Waals surface area contributed by atoms with Gasteiger partial charge in [-0.3, -0.25) is 4.79 Å². The number of carbonyl (C=O) groups excluding carboxylic acids is 1. The van der Waals surface area contributed by atoms with E-state index in [0.717, 1.165) is 35.1 Å². The lowest BCUT2D eigenvalue weighted by Gasteiger charge is -2.32. The van der Waals surface area contributed by atoms with Crippen molar-refractivity contribution in [3.63, 3.8) is 0 Å². The van der Waals surface area contributed by atoms with E-state index in [0.29, 0.717) is 18.1 Å². The summed E-state index contributed by atoms with van der Waals surface area (Å²) >= 11 is 5.91. The Bertz CT molecular complexity index is 925. The Morgan fingerprint density at radius 1 is 1.08 bits per heavy atom. The Labute approximate surface area is 157 Å². The van der Waals surface area contributed by atoms with Crippen molar-refractivity contribution >= 4 is 28.4 Å². The van der Waals surface area contributed by atoms with Crippen LogP contribution in [0.15, 0.2) is 54.7 Å². The van der Waals surface area contributed by atoms with Crippen molar-refractivity contribution in [3.8, 4) is 5.75 Å². The second-order valence-corrected chi connectivity index (χ2v) is 7.16. The third kappa shape index (κ3) is 3.29. The maximum atomic E-state index is 13.0. The number of hydrogen-bond acceptors (Lipinski definition) is 2. The SMILES string of the molecule is Cn1ccc2c(C(=O)N3CCC(Oc4ccc(Cl)cc4)CC3)cccc21. The second kappa shape index (κ2) is 7.04. The number of ether oxygens (including phenoxy) is 1. The number of fused-ring (bicyclic) bond motifs is 1. The zero-order valence-corrected chi connectivity index (χ0v) is 15.4. The summed E-state index contributed by atoms with van der Waals surface area (Å²) in [5.41, 5.74) is 1.86. The van der Waals surface area contributed by atoms with E-state index in [9.17, 15) is 4.79 Å². The van der Waals surface area contributed by atoms with Crippen LogP contribution in [-0.2, 0) is 7.05 Å². The molecule has 5 heteroatoms. The molecule has 0 unspecified atom stereocenters. The van der Waals surface area contributed by atoms with Crippen LogP contribution in [0.1, 0.15) is 23.2 Å². The van der Waals surface area contributed by atoms with E-state index in [-0.39, 0.29) is 12.0 Å². The van der Waals surface area contributed by atoms with Crippen molar-refractivity contribution in [3.05, 3.63) is 65.3 Å². The molecule has 1 aromatic heterocycles. The molecule has 1 saturated heterocycles. The maximum absolute atomic E-state index is 13.0. The number of aryl methyl sites for hydroxylation is 1. The molecule has 0 bridgehead atoms. The van der Waals surface area contributed by atoms with Gasteiger partial charge in [-0.25, -0.2) is 0 Å². The first-order valence-electron chi connectivity index (χ1n) is 8.87. The standard InChI is InChI=1S/C21H21ClN2O2/c1-23-12-11-18-19(3-2-4-20(18)23)21(25)24-13-9-17(10-14-24)26-16-7-5-15(22)6-8-16/h2-8,11-12,17H,9-10,13-14H2,1H3. The minimum atomic E-state index is 0.103. The van der Waals surface area contributed by atoms with E-state index >= 15 is 0 Å². The zero-order chi connectivity index (χ0) is 18.1. The molecule has 0 radical (unpaired) electrons. The minimum absolute atomic E-state index is 0.103. The number of benzene rings is 2. The highest BCUT2D eigenvalue weighted by molar-refractivity contribution is 6.30. The molecule has 0 atom stereocenters. The summed E-state index contributed by atoms with van der Waals surface area (Å²) in [6.07, 6.45) is 3.79. The largest absolute Gasteiger partial charge is 0.490 e. The molecular weight excluding hydrogens is 348 g/mol. The smallest absolute Gasteiger partial charge is 0.254 e. The van der Waals surface area contributed by atoms with E-state index < -0.39 is 0 Å². The molecule has 0 aliphatic carbocycles. The van der Waals surface area contributed by atoms with Gasteiger partial charge in [-0.2, -0.15) is 0 Å². The number of hydrogen-bond donors (Lipinski definition) is 0. The van der Waals surface area contributed by atoms with Gasteiger partial charge in [0.2, 0.25) is 0 Å². The summed E-state index contributed by atoms with van der Waals surface area (Å²) in [6.45, 7) is 1.42. The molecule has 3 aromatic rings. The van der Waals surface area contributed by atoms with E-state index in [1.807, 2.05) is 71.2 Å². The summed E-state index contributed by atoms with van der Waals surface area (Å²) in [5, 5.41) is 1.72. The molecule has 1 amide bonds. The normalized spacial score (nSPS) is 15.4. The lowest BCUT2D eigenvalue weighted by atomic mass is 10.0. The van der Waals surface area contributed by atoms with E-state index in [1.54, 1.807) is 0 Å². The van der Waals surface area contributed by atoms with Crippen LogP contribution >= 0.6 is 11.6 Å². The van der Waals surface area contributed by atoms with Crippen LogP contribution in [0.3, 0.4) is 0 Å². The first kappa shape index (κ1) is 17.0. The second-order valence-electron chi connectivity index (χ2n) is 6.73. The zero-order valence-electron chi connectivity index (χ0n) is 14.7. The lowest BCUT2D eigenvalue weighted by molar-refractivity contribution is 0.0597. The molecule has 134 valence electrons. The number of carbonyl (C=O) groups is 1. The summed E-state index contributed by atoms with van der Waals surface area (Å²) < 4.78 is 8.06. The average molecular weight is 369 g/mol. The number of nitrogens with zero attached hydrogens (tertiary/aromatic N) is 2. The topological polar surface area (TPSA) is 34.5 Å². The molecule has 4 nitrogen and oxygen atoms in total. The number of rotatable bonds is 3. The molecule has 1 fully saturated rings. The highest BCUT2D eigenvalue weighted by Gasteiger charge is 2.25. The van der Waals surface area contributed by atoms with Crippen molar-refractivity contribution in [2.45, 2.75) is 18.9 Å². The van der Waals surface area contributed by atoms with Crippen LogP contribution in [0.5, 0.6) is 5.75 Å². The highest BCUT2D eigenvalue weighted by Crippen LogP contribution is 2.24. The Morgan fingerprint density at radius 2 is 1.81 bits per heavy atom. The van der Waals surface area contributed by atoms with E-state index in [2.05, 4.69) is 0 Å². The van der Waals surface area contributed by atoms with Gasteiger partial charge in [0.15, 0.2) is 0 Å². The van der Waals surface area contributed by atoms with Gasteiger partial charge in [-0.1, -0.05) is 17.7 Å². The summed E-state index contributed by atoms with van der Waals surface area (Å²) in [7, 11) is 2.00. The van der Waals surface area contributed by atoms with Crippen molar-refractivity contribution in [2.75, 3.05) is 13.1 Å². The highest BCUT2D eigenvalue weighted by atomic mass is 35.5.